The molecule has 0 aliphatic rings. The molecule has 0 heterocycles. The Morgan fingerprint density at radius 3 is 2.48 bits per heavy atom. The largest absolute Gasteiger partial charge is 0.325 e. The maximum atomic E-state index is 11.9. The SMILES string of the molecule is CCCN(CCC(=O)Nc1ccc(Cl)cc1Cl)S(C)(=O)=O. The molecule has 1 N–H and O–H groups in total. The van der Waals surface area contributed by atoms with Crippen LogP contribution in [0.2, 0.25) is 10.0 Å². The van der Waals surface area contributed by atoms with Crippen molar-refractivity contribution in [3.8, 4) is 0 Å². The molecule has 0 spiro atoms. The Balaban J connectivity index is 2.61. The fraction of sp³-hybridized carbons (Fsp3) is 0.462. The number of nitrogens with one attached hydrogen (secondary N) is 1. The summed E-state index contributed by atoms with van der Waals surface area (Å²) in [5.41, 5.74) is 0.451. The quantitative estimate of drug-likeness (QED) is 0.820. The van der Waals surface area contributed by atoms with Crippen molar-refractivity contribution in [3.63, 3.8) is 0 Å². The number of carbonyl (C=O) groups excluding carboxylic acids is 1. The van der Waals surface area contributed by atoms with Crippen LogP contribution in [0.5, 0.6) is 0 Å². The molecule has 1 aromatic carbocycles. The van der Waals surface area contributed by atoms with Crippen molar-refractivity contribution in [1.82, 2.24) is 4.31 Å². The molecule has 0 aliphatic heterocycles. The summed E-state index contributed by atoms with van der Waals surface area (Å²) < 4.78 is 24.4. The first-order chi connectivity index (χ1) is 9.74. The molecule has 21 heavy (non-hydrogen) atoms. The van der Waals surface area contributed by atoms with Crippen LogP contribution in [0.4, 0.5) is 5.69 Å². The fourth-order valence-electron chi connectivity index (χ4n) is 1.72. The Labute approximate surface area is 135 Å². The summed E-state index contributed by atoms with van der Waals surface area (Å²) in [6.45, 7) is 2.42. The Bertz CT molecular complexity index is 605. The van der Waals surface area contributed by atoms with Gasteiger partial charge in [0.25, 0.3) is 0 Å². The average molecular weight is 353 g/mol. The molecule has 118 valence electrons. The van der Waals surface area contributed by atoms with Gasteiger partial charge in [-0.25, -0.2) is 12.7 Å². The molecule has 1 rings (SSSR count). The lowest BCUT2D eigenvalue weighted by Gasteiger charge is -2.18. The van der Waals surface area contributed by atoms with E-state index in [-0.39, 0.29) is 18.9 Å². The number of sulfonamides is 1. The lowest BCUT2D eigenvalue weighted by molar-refractivity contribution is -0.116. The molecule has 0 atom stereocenters. The van der Waals surface area contributed by atoms with Crippen LogP contribution in [0, 0.1) is 0 Å². The standard InChI is InChI=1S/C13H18Cl2N2O3S/c1-3-7-17(21(2,19)20)8-6-13(18)16-12-5-4-10(14)9-11(12)15/h4-5,9H,3,6-8H2,1-2H3,(H,16,18). The third kappa shape index (κ3) is 6.22. The molecular weight excluding hydrogens is 335 g/mol. The molecular formula is C13H18Cl2N2O3S. The smallest absolute Gasteiger partial charge is 0.225 e. The van der Waals surface area contributed by atoms with Crippen molar-refractivity contribution in [1.29, 1.82) is 0 Å². The van der Waals surface area contributed by atoms with E-state index in [1.165, 1.54) is 10.4 Å². The summed E-state index contributed by atoms with van der Waals surface area (Å²) in [6.07, 6.45) is 1.89. The van der Waals surface area contributed by atoms with Crippen molar-refractivity contribution in [2.45, 2.75) is 19.8 Å². The number of hydrogen-bond donors (Lipinski definition) is 1. The van der Waals surface area contributed by atoms with Gasteiger partial charge in [0.1, 0.15) is 0 Å². The van der Waals surface area contributed by atoms with Crippen LogP contribution in [0.3, 0.4) is 0 Å². The van der Waals surface area contributed by atoms with Gasteiger partial charge in [0.15, 0.2) is 0 Å². The molecule has 0 radical (unpaired) electrons. The topological polar surface area (TPSA) is 66.5 Å². The lowest BCUT2D eigenvalue weighted by atomic mass is 10.3. The second-order valence-corrected chi connectivity index (χ2v) is 7.41. The van der Waals surface area contributed by atoms with Gasteiger partial charge in [-0.05, 0) is 24.6 Å². The third-order valence-corrected chi connectivity index (χ3v) is 4.59. The number of anilines is 1. The molecule has 5 nitrogen and oxygen atoms in total. The molecule has 0 saturated heterocycles. The minimum atomic E-state index is -3.30. The minimum Gasteiger partial charge on any atom is -0.325 e. The predicted molar refractivity (Wildman–Crippen MR) is 86.4 cm³/mol. The summed E-state index contributed by atoms with van der Waals surface area (Å²) in [5, 5.41) is 3.45. The normalized spacial score (nSPS) is 11.7. The van der Waals surface area contributed by atoms with E-state index in [4.69, 9.17) is 23.2 Å². The van der Waals surface area contributed by atoms with Crippen LogP contribution in [0.1, 0.15) is 19.8 Å². The molecule has 0 aliphatic carbocycles. The molecule has 0 aromatic heterocycles. The van der Waals surface area contributed by atoms with Crippen molar-refractivity contribution in [2.75, 3.05) is 24.7 Å². The first kappa shape index (κ1) is 18.2. The predicted octanol–water partition coefficient (Wildman–Crippen LogP) is 2.99. The van der Waals surface area contributed by atoms with Crippen LogP contribution in [0.25, 0.3) is 0 Å². The van der Waals surface area contributed by atoms with Crippen LogP contribution < -0.4 is 5.32 Å². The van der Waals surface area contributed by atoms with Crippen LogP contribution >= 0.6 is 23.2 Å². The highest BCUT2D eigenvalue weighted by Gasteiger charge is 2.17. The Hall–Kier alpha value is -0.820. The van der Waals surface area contributed by atoms with Crippen molar-refractivity contribution in [3.05, 3.63) is 28.2 Å². The summed E-state index contributed by atoms with van der Waals surface area (Å²) in [4.78, 5) is 11.9. The summed E-state index contributed by atoms with van der Waals surface area (Å²) >= 11 is 11.7. The molecule has 0 bridgehead atoms. The van der Waals surface area contributed by atoms with Crippen LogP contribution in [-0.4, -0.2) is 38.0 Å². The number of hydrogen-bond acceptors (Lipinski definition) is 3. The van der Waals surface area contributed by atoms with Gasteiger partial charge < -0.3 is 5.32 Å². The number of nitrogens with zero attached hydrogens (tertiary/aromatic N) is 1. The van der Waals surface area contributed by atoms with E-state index in [0.717, 1.165) is 6.26 Å². The molecule has 1 aromatic rings. The van der Waals surface area contributed by atoms with Crippen molar-refractivity contribution >= 4 is 44.8 Å². The zero-order valence-electron chi connectivity index (χ0n) is 11.9. The summed E-state index contributed by atoms with van der Waals surface area (Å²) in [7, 11) is -3.30. The zero-order valence-corrected chi connectivity index (χ0v) is 14.2. The molecule has 1 amide bonds. The van der Waals surface area contributed by atoms with Crippen LogP contribution in [0.15, 0.2) is 18.2 Å². The van der Waals surface area contributed by atoms with Crippen molar-refractivity contribution in [2.24, 2.45) is 0 Å². The van der Waals surface area contributed by atoms with E-state index in [0.29, 0.717) is 28.7 Å². The van der Waals surface area contributed by atoms with Crippen molar-refractivity contribution < 1.29 is 13.2 Å². The molecule has 8 heteroatoms. The first-order valence-corrected chi connectivity index (χ1v) is 9.04. The number of rotatable bonds is 7. The maximum Gasteiger partial charge on any atom is 0.225 e. The molecule has 0 fully saturated rings. The summed E-state index contributed by atoms with van der Waals surface area (Å²) in [6, 6.07) is 4.74. The number of amides is 1. The van der Waals surface area contributed by atoms with E-state index < -0.39 is 10.0 Å². The van der Waals surface area contributed by atoms with E-state index in [2.05, 4.69) is 5.32 Å². The Kier molecular flexibility index (Phi) is 6.93. The molecule has 0 unspecified atom stereocenters. The van der Waals surface area contributed by atoms with Crippen LogP contribution in [-0.2, 0) is 14.8 Å². The first-order valence-electron chi connectivity index (χ1n) is 6.44. The highest BCUT2D eigenvalue weighted by Crippen LogP contribution is 2.25. The highest BCUT2D eigenvalue weighted by molar-refractivity contribution is 7.88. The van der Waals surface area contributed by atoms with E-state index in [1.54, 1.807) is 12.1 Å². The highest BCUT2D eigenvalue weighted by atomic mass is 35.5. The Morgan fingerprint density at radius 2 is 1.95 bits per heavy atom. The van der Waals surface area contributed by atoms with Gasteiger partial charge in [-0.2, -0.15) is 0 Å². The van der Waals surface area contributed by atoms with Gasteiger partial charge in [-0.1, -0.05) is 30.1 Å². The van der Waals surface area contributed by atoms with Gasteiger partial charge in [-0.3, -0.25) is 4.79 Å². The number of halogens is 2. The second kappa shape index (κ2) is 7.98. The number of benzene rings is 1. The minimum absolute atomic E-state index is 0.0615. The molecule has 0 saturated carbocycles. The van der Waals surface area contributed by atoms with Gasteiger partial charge >= 0.3 is 0 Å². The van der Waals surface area contributed by atoms with E-state index in [9.17, 15) is 13.2 Å². The second-order valence-electron chi connectivity index (χ2n) is 4.58. The fourth-order valence-corrected chi connectivity index (χ4v) is 3.12. The van der Waals surface area contributed by atoms with Gasteiger partial charge in [0, 0.05) is 24.5 Å². The average Bonchev–Trinajstić information content (AvgIpc) is 2.36. The summed E-state index contributed by atoms with van der Waals surface area (Å²) in [5.74, 6) is -0.302. The van der Waals surface area contributed by atoms with E-state index in [1.807, 2.05) is 6.92 Å². The van der Waals surface area contributed by atoms with Gasteiger partial charge in [-0.15, -0.1) is 0 Å². The zero-order chi connectivity index (χ0) is 16.0. The van der Waals surface area contributed by atoms with Gasteiger partial charge in [0.2, 0.25) is 15.9 Å². The Morgan fingerprint density at radius 1 is 1.29 bits per heavy atom. The third-order valence-electron chi connectivity index (χ3n) is 2.74. The van der Waals surface area contributed by atoms with Gasteiger partial charge in [0.05, 0.1) is 17.0 Å². The number of carbonyl (C=O) groups is 1. The maximum absolute atomic E-state index is 11.9. The monoisotopic (exact) mass is 352 g/mol. The lowest BCUT2D eigenvalue weighted by Crippen LogP contribution is -2.33. The van der Waals surface area contributed by atoms with E-state index >= 15 is 0 Å².